The predicted octanol–water partition coefficient (Wildman–Crippen LogP) is 2.07. The molecule has 1 aliphatic heterocycles. The molecule has 0 bridgehead atoms. The van der Waals surface area contributed by atoms with Gasteiger partial charge in [-0.2, -0.15) is 0 Å². The first-order chi connectivity index (χ1) is 13.3. The number of aromatic nitrogens is 1. The summed E-state index contributed by atoms with van der Waals surface area (Å²) in [5.74, 6) is -1.72. The molecular formula is C20H24N4O4. The summed E-state index contributed by atoms with van der Waals surface area (Å²) in [6, 6.07) is 7.78. The van der Waals surface area contributed by atoms with E-state index in [0.717, 1.165) is 18.4 Å². The topological polar surface area (TPSA) is 126 Å². The number of phenolic OH excluding ortho intramolecular Hbond substituents is 1. The van der Waals surface area contributed by atoms with E-state index in [2.05, 4.69) is 10.3 Å². The Hall–Kier alpha value is -3.42. The first-order valence-corrected chi connectivity index (χ1v) is 9.01. The van der Waals surface area contributed by atoms with Gasteiger partial charge in [0.05, 0.1) is 23.5 Å². The zero-order valence-electron chi connectivity index (χ0n) is 15.5. The Kier molecular flexibility index (Phi) is 5.58. The lowest BCUT2D eigenvalue weighted by Gasteiger charge is -2.38. The number of aromatic hydroxyl groups is 1. The molecule has 0 spiro atoms. The molecule has 0 unspecified atom stereocenters. The number of nitrogens with one attached hydrogen (secondary N) is 1. The number of anilines is 1. The highest BCUT2D eigenvalue weighted by Crippen LogP contribution is 2.34. The number of nitrogens with two attached hydrogens (primary N) is 1. The van der Waals surface area contributed by atoms with Crippen molar-refractivity contribution in [1.29, 1.82) is 0 Å². The summed E-state index contributed by atoms with van der Waals surface area (Å²) in [5.41, 5.74) is 6.44. The quantitative estimate of drug-likeness (QED) is 0.699. The fourth-order valence-electron chi connectivity index (χ4n) is 3.38. The van der Waals surface area contributed by atoms with E-state index in [4.69, 9.17) is 5.73 Å². The van der Waals surface area contributed by atoms with Crippen LogP contribution in [-0.2, 0) is 9.59 Å². The summed E-state index contributed by atoms with van der Waals surface area (Å²) in [6.45, 7) is 2.49. The van der Waals surface area contributed by atoms with E-state index in [1.165, 1.54) is 18.5 Å². The highest BCUT2D eigenvalue weighted by molar-refractivity contribution is 6.39. The van der Waals surface area contributed by atoms with Crippen LogP contribution in [0.15, 0.2) is 42.7 Å². The van der Waals surface area contributed by atoms with E-state index >= 15 is 0 Å². The van der Waals surface area contributed by atoms with E-state index < -0.39 is 17.7 Å². The standard InChI is InChI=1S/C20H22N4O4.H2/c1-12-2-7-17(13-3-5-16(25)6-4-13)24(11-12)20(28)19(27)23-15-8-14(18(21)26)9-22-10-15;/h3-6,8-10,12,17,25H,2,7,11H2,1H3,(H2,21,26)(H,23,27);1H/t12-,17+;/m1./s1. The van der Waals surface area contributed by atoms with Crippen LogP contribution in [0.1, 0.15) is 43.2 Å². The Morgan fingerprint density at radius 3 is 2.61 bits per heavy atom. The summed E-state index contributed by atoms with van der Waals surface area (Å²) in [5, 5.41) is 12.0. The van der Waals surface area contributed by atoms with Gasteiger partial charge in [-0.05, 0) is 42.5 Å². The number of primary amides is 1. The zero-order chi connectivity index (χ0) is 20.3. The zero-order valence-corrected chi connectivity index (χ0v) is 15.5. The van der Waals surface area contributed by atoms with E-state index in [0.29, 0.717) is 6.54 Å². The maximum Gasteiger partial charge on any atom is 0.313 e. The summed E-state index contributed by atoms with van der Waals surface area (Å²) in [7, 11) is 0. The summed E-state index contributed by atoms with van der Waals surface area (Å²) in [6.07, 6.45) is 4.28. The maximum atomic E-state index is 12.9. The lowest BCUT2D eigenvalue weighted by atomic mass is 9.90. The lowest BCUT2D eigenvalue weighted by Crippen LogP contribution is -2.46. The Morgan fingerprint density at radius 2 is 1.93 bits per heavy atom. The van der Waals surface area contributed by atoms with Crippen molar-refractivity contribution in [3.8, 4) is 5.75 Å². The molecule has 0 radical (unpaired) electrons. The first-order valence-electron chi connectivity index (χ1n) is 9.01. The average Bonchev–Trinajstić information content (AvgIpc) is 2.68. The molecule has 3 rings (SSSR count). The third-order valence-electron chi connectivity index (χ3n) is 4.83. The second-order valence-corrected chi connectivity index (χ2v) is 7.03. The molecule has 0 aliphatic carbocycles. The van der Waals surface area contributed by atoms with Crippen LogP contribution in [-0.4, -0.2) is 39.3 Å². The van der Waals surface area contributed by atoms with Gasteiger partial charge in [-0.15, -0.1) is 0 Å². The highest BCUT2D eigenvalue weighted by Gasteiger charge is 2.34. The number of hydrogen-bond acceptors (Lipinski definition) is 5. The molecule has 1 saturated heterocycles. The normalized spacial score (nSPS) is 19.1. The monoisotopic (exact) mass is 384 g/mol. The van der Waals surface area contributed by atoms with Crippen LogP contribution in [0.3, 0.4) is 0 Å². The van der Waals surface area contributed by atoms with E-state index in [1.54, 1.807) is 29.2 Å². The summed E-state index contributed by atoms with van der Waals surface area (Å²) < 4.78 is 0. The smallest absolute Gasteiger partial charge is 0.313 e. The van der Waals surface area contributed by atoms with E-state index in [-0.39, 0.29) is 30.4 Å². The van der Waals surface area contributed by atoms with Crippen LogP contribution in [0.5, 0.6) is 5.75 Å². The molecule has 8 nitrogen and oxygen atoms in total. The molecule has 2 atom stereocenters. The minimum absolute atomic E-state index is 0. The number of benzene rings is 1. The largest absolute Gasteiger partial charge is 0.508 e. The van der Waals surface area contributed by atoms with Gasteiger partial charge in [0.15, 0.2) is 0 Å². The molecule has 1 fully saturated rings. The number of phenols is 1. The van der Waals surface area contributed by atoms with Gasteiger partial charge in [0.2, 0.25) is 5.91 Å². The second-order valence-electron chi connectivity index (χ2n) is 7.03. The Morgan fingerprint density at radius 1 is 1.21 bits per heavy atom. The molecule has 3 amide bonds. The third kappa shape index (κ3) is 4.28. The Labute approximate surface area is 163 Å². The fraction of sp³-hybridized carbons (Fsp3) is 0.300. The van der Waals surface area contributed by atoms with Gasteiger partial charge in [-0.1, -0.05) is 19.1 Å². The van der Waals surface area contributed by atoms with Crippen molar-refractivity contribution in [2.45, 2.75) is 25.8 Å². The number of rotatable bonds is 3. The van der Waals surface area contributed by atoms with Crippen molar-refractivity contribution in [1.82, 2.24) is 9.88 Å². The molecule has 2 aromatic rings. The van der Waals surface area contributed by atoms with Crippen LogP contribution in [0.4, 0.5) is 5.69 Å². The van der Waals surface area contributed by atoms with Crippen molar-refractivity contribution < 1.29 is 20.9 Å². The number of amides is 3. The molecule has 28 heavy (non-hydrogen) atoms. The molecular weight excluding hydrogens is 360 g/mol. The second kappa shape index (κ2) is 8.08. The number of piperidine rings is 1. The molecule has 0 saturated carbocycles. The minimum atomic E-state index is -0.804. The number of hydrogen-bond donors (Lipinski definition) is 3. The van der Waals surface area contributed by atoms with E-state index in [9.17, 15) is 19.5 Å². The fourth-order valence-corrected chi connectivity index (χ4v) is 3.38. The highest BCUT2D eigenvalue weighted by atomic mass is 16.3. The van der Waals surface area contributed by atoms with Crippen LogP contribution < -0.4 is 11.1 Å². The van der Waals surface area contributed by atoms with Gasteiger partial charge in [0, 0.05) is 14.2 Å². The summed E-state index contributed by atoms with van der Waals surface area (Å²) in [4.78, 5) is 42.1. The van der Waals surface area contributed by atoms with Crippen LogP contribution in [0, 0.1) is 5.92 Å². The van der Waals surface area contributed by atoms with Gasteiger partial charge in [-0.3, -0.25) is 19.4 Å². The molecule has 1 aliphatic rings. The van der Waals surface area contributed by atoms with Crippen molar-refractivity contribution in [2.24, 2.45) is 11.7 Å². The van der Waals surface area contributed by atoms with Gasteiger partial charge in [0.1, 0.15) is 5.75 Å². The molecule has 4 N–H and O–H groups in total. The van der Waals surface area contributed by atoms with Gasteiger partial charge in [0.25, 0.3) is 0 Å². The number of carbonyl (C=O) groups excluding carboxylic acids is 3. The van der Waals surface area contributed by atoms with Crippen molar-refractivity contribution in [2.75, 3.05) is 11.9 Å². The number of nitrogens with zero attached hydrogens (tertiary/aromatic N) is 2. The molecule has 1 aromatic carbocycles. The van der Waals surface area contributed by atoms with Crippen LogP contribution >= 0.6 is 0 Å². The van der Waals surface area contributed by atoms with Crippen LogP contribution in [0.25, 0.3) is 0 Å². The molecule has 2 heterocycles. The SMILES string of the molecule is C[C@@H]1CC[C@@H](c2ccc(O)cc2)N(C(=O)C(=O)Nc2cncc(C(N)=O)c2)C1.[HH]. The summed E-state index contributed by atoms with van der Waals surface area (Å²) >= 11 is 0. The number of carbonyl (C=O) groups is 3. The van der Waals surface area contributed by atoms with Gasteiger partial charge in [-0.25, -0.2) is 0 Å². The first kappa shape index (κ1) is 19.3. The Balaban J connectivity index is 0.00000300. The van der Waals surface area contributed by atoms with Crippen molar-refractivity contribution in [3.05, 3.63) is 53.9 Å². The third-order valence-corrected chi connectivity index (χ3v) is 4.83. The molecule has 8 heteroatoms. The maximum absolute atomic E-state index is 12.9. The van der Waals surface area contributed by atoms with E-state index in [1.807, 2.05) is 6.92 Å². The van der Waals surface area contributed by atoms with Crippen molar-refractivity contribution >= 4 is 23.4 Å². The van der Waals surface area contributed by atoms with Crippen molar-refractivity contribution in [3.63, 3.8) is 0 Å². The minimum Gasteiger partial charge on any atom is -0.508 e. The molecule has 148 valence electrons. The van der Waals surface area contributed by atoms with Crippen LogP contribution in [0.2, 0.25) is 0 Å². The molecule has 1 aromatic heterocycles. The number of pyridine rings is 1. The van der Waals surface area contributed by atoms with Gasteiger partial charge >= 0.3 is 11.8 Å². The average molecular weight is 384 g/mol. The predicted molar refractivity (Wildman–Crippen MR) is 104 cm³/mol. The lowest BCUT2D eigenvalue weighted by molar-refractivity contribution is -0.146. The Bertz CT molecular complexity index is 904. The van der Waals surface area contributed by atoms with Gasteiger partial charge < -0.3 is 21.1 Å². The number of likely N-dealkylation sites (tertiary alicyclic amines) is 1.